The van der Waals surface area contributed by atoms with Crippen LogP contribution < -0.4 is 5.32 Å². The Bertz CT molecular complexity index is 361. The van der Waals surface area contributed by atoms with Crippen LogP contribution in [0.3, 0.4) is 0 Å². The van der Waals surface area contributed by atoms with Crippen LogP contribution in [0.25, 0.3) is 0 Å². The van der Waals surface area contributed by atoms with Crippen molar-refractivity contribution in [1.29, 1.82) is 0 Å². The van der Waals surface area contributed by atoms with E-state index in [9.17, 15) is 4.39 Å². The molecule has 1 aromatic carbocycles. The Morgan fingerprint density at radius 2 is 2.31 bits per heavy atom. The van der Waals surface area contributed by atoms with Crippen molar-refractivity contribution in [3.05, 3.63) is 35.1 Å². The maximum absolute atomic E-state index is 13.3. The predicted molar refractivity (Wildman–Crippen MR) is 61.9 cm³/mol. The minimum absolute atomic E-state index is 0.0956. The highest BCUT2D eigenvalue weighted by Crippen LogP contribution is 2.28. The van der Waals surface area contributed by atoms with Crippen molar-refractivity contribution >= 4 is 0 Å². The van der Waals surface area contributed by atoms with Crippen molar-refractivity contribution in [3.8, 4) is 0 Å². The summed E-state index contributed by atoms with van der Waals surface area (Å²) >= 11 is 0. The maximum atomic E-state index is 13.3. The van der Waals surface area contributed by atoms with Crippen LogP contribution in [0.1, 0.15) is 30.0 Å². The fourth-order valence-electron chi connectivity index (χ4n) is 2.35. The van der Waals surface area contributed by atoms with E-state index in [0.29, 0.717) is 0 Å². The van der Waals surface area contributed by atoms with Gasteiger partial charge in [-0.3, -0.25) is 0 Å². The first kappa shape index (κ1) is 11.6. The summed E-state index contributed by atoms with van der Waals surface area (Å²) in [5.41, 5.74) is 2.12. The molecule has 2 unspecified atom stereocenters. The fraction of sp³-hybridized carbons (Fsp3) is 0.538. The SMILES string of the molecule is CNC(c1cc(F)ccc1C)C1CCCO1. The average Bonchev–Trinajstić information content (AvgIpc) is 2.78. The quantitative estimate of drug-likeness (QED) is 0.850. The first-order valence-corrected chi connectivity index (χ1v) is 5.77. The number of hydrogen-bond donors (Lipinski definition) is 1. The third-order valence-corrected chi connectivity index (χ3v) is 3.22. The zero-order valence-corrected chi connectivity index (χ0v) is 9.79. The summed E-state index contributed by atoms with van der Waals surface area (Å²) in [5, 5.41) is 3.24. The molecule has 3 heteroatoms. The van der Waals surface area contributed by atoms with Gasteiger partial charge in [0.2, 0.25) is 0 Å². The van der Waals surface area contributed by atoms with E-state index in [1.807, 2.05) is 20.0 Å². The molecule has 0 aliphatic carbocycles. The van der Waals surface area contributed by atoms with Crippen LogP contribution in [0.4, 0.5) is 4.39 Å². The molecule has 0 spiro atoms. The molecule has 1 N–H and O–H groups in total. The predicted octanol–water partition coefficient (Wildman–Crippen LogP) is 2.57. The third-order valence-electron chi connectivity index (χ3n) is 3.22. The number of ether oxygens (including phenoxy) is 1. The van der Waals surface area contributed by atoms with Gasteiger partial charge in [-0.05, 0) is 50.1 Å². The molecular weight excluding hydrogens is 205 g/mol. The highest BCUT2D eigenvalue weighted by atomic mass is 19.1. The van der Waals surface area contributed by atoms with E-state index in [-0.39, 0.29) is 18.0 Å². The van der Waals surface area contributed by atoms with E-state index in [4.69, 9.17) is 4.74 Å². The largest absolute Gasteiger partial charge is 0.376 e. The normalized spacial score (nSPS) is 22.3. The maximum Gasteiger partial charge on any atom is 0.123 e. The molecule has 0 aromatic heterocycles. The number of halogens is 1. The molecule has 1 aromatic rings. The van der Waals surface area contributed by atoms with Crippen molar-refractivity contribution in [2.24, 2.45) is 0 Å². The number of likely N-dealkylation sites (N-methyl/N-ethyl adjacent to an activating group) is 1. The van der Waals surface area contributed by atoms with Gasteiger partial charge in [-0.25, -0.2) is 4.39 Å². The fourth-order valence-corrected chi connectivity index (χ4v) is 2.35. The van der Waals surface area contributed by atoms with E-state index in [1.165, 1.54) is 6.07 Å². The number of benzene rings is 1. The van der Waals surface area contributed by atoms with Crippen molar-refractivity contribution in [1.82, 2.24) is 5.32 Å². The third kappa shape index (κ3) is 2.25. The van der Waals surface area contributed by atoms with E-state index in [2.05, 4.69) is 5.32 Å². The standard InChI is InChI=1S/C13H18FNO/c1-9-5-6-10(14)8-11(9)13(15-2)12-4-3-7-16-12/h5-6,8,12-13,15H,3-4,7H2,1-2H3. The topological polar surface area (TPSA) is 21.3 Å². The van der Waals surface area contributed by atoms with Crippen LogP contribution in [0, 0.1) is 12.7 Å². The molecule has 0 amide bonds. The monoisotopic (exact) mass is 223 g/mol. The Morgan fingerprint density at radius 3 is 2.94 bits per heavy atom. The van der Waals surface area contributed by atoms with E-state index < -0.39 is 0 Å². The molecule has 88 valence electrons. The number of rotatable bonds is 3. The molecule has 1 aliphatic rings. The minimum Gasteiger partial charge on any atom is -0.376 e. The molecule has 1 aliphatic heterocycles. The van der Waals surface area contributed by atoms with Gasteiger partial charge in [-0.15, -0.1) is 0 Å². The zero-order chi connectivity index (χ0) is 11.5. The number of nitrogens with one attached hydrogen (secondary N) is 1. The number of hydrogen-bond acceptors (Lipinski definition) is 2. The van der Waals surface area contributed by atoms with Crippen LogP contribution in [0.5, 0.6) is 0 Å². The van der Waals surface area contributed by atoms with E-state index in [1.54, 1.807) is 6.07 Å². The average molecular weight is 223 g/mol. The van der Waals surface area contributed by atoms with Gasteiger partial charge in [-0.1, -0.05) is 6.07 Å². The molecule has 0 radical (unpaired) electrons. The molecular formula is C13H18FNO. The summed E-state index contributed by atoms with van der Waals surface area (Å²) < 4.78 is 18.9. The second-order valence-electron chi connectivity index (χ2n) is 4.32. The Balaban J connectivity index is 2.28. The molecule has 2 nitrogen and oxygen atoms in total. The molecule has 16 heavy (non-hydrogen) atoms. The Morgan fingerprint density at radius 1 is 1.50 bits per heavy atom. The van der Waals surface area contributed by atoms with Crippen molar-refractivity contribution in [2.45, 2.75) is 31.9 Å². The highest BCUT2D eigenvalue weighted by molar-refractivity contribution is 5.30. The molecule has 1 heterocycles. The van der Waals surface area contributed by atoms with Gasteiger partial charge in [0.25, 0.3) is 0 Å². The van der Waals surface area contributed by atoms with E-state index >= 15 is 0 Å². The van der Waals surface area contributed by atoms with Gasteiger partial charge >= 0.3 is 0 Å². The van der Waals surface area contributed by atoms with Crippen LogP contribution in [0.2, 0.25) is 0 Å². The lowest BCUT2D eigenvalue weighted by atomic mass is 9.95. The zero-order valence-electron chi connectivity index (χ0n) is 9.79. The summed E-state index contributed by atoms with van der Waals surface area (Å²) in [4.78, 5) is 0. The summed E-state index contributed by atoms with van der Waals surface area (Å²) in [6.07, 6.45) is 2.31. The van der Waals surface area contributed by atoms with Crippen LogP contribution in [-0.4, -0.2) is 19.8 Å². The van der Waals surface area contributed by atoms with Gasteiger partial charge in [0.15, 0.2) is 0 Å². The van der Waals surface area contributed by atoms with E-state index in [0.717, 1.165) is 30.6 Å². The summed E-state index contributed by atoms with van der Waals surface area (Å²) in [5.74, 6) is -0.182. The van der Waals surface area contributed by atoms with Gasteiger partial charge in [0.1, 0.15) is 5.82 Å². The second kappa shape index (κ2) is 4.93. The van der Waals surface area contributed by atoms with Crippen LogP contribution in [-0.2, 0) is 4.74 Å². The second-order valence-corrected chi connectivity index (χ2v) is 4.32. The smallest absolute Gasteiger partial charge is 0.123 e. The Hall–Kier alpha value is -0.930. The summed E-state index contributed by atoms with van der Waals surface area (Å²) in [6.45, 7) is 2.82. The van der Waals surface area contributed by atoms with Crippen molar-refractivity contribution < 1.29 is 9.13 Å². The lowest BCUT2D eigenvalue weighted by Crippen LogP contribution is -2.29. The first-order chi connectivity index (χ1) is 7.72. The summed E-state index contributed by atoms with van der Waals surface area (Å²) in [6, 6.07) is 5.03. The Kier molecular flexibility index (Phi) is 3.56. The minimum atomic E-state index is -0.182. The molecule has 2 atom stereocenters. The van der Waals surface area contributed by atoms with Crippen molar-refractivity contribution in [2.75, 3.05) is 13.7 Å². The molecule has 0 saturated carbocycles. The lowest BCUT2D eigenvalue weighted by Gasteiger charge is -2.24. The van der Waals surface area contributed by atoms with Crippen molar-refractivity contribution in [3.63, 3.8) is 0 Å². The lowest BCUT2D eigenvalue weighted by molar-refractivity contribution is 0.0805. The Labute approximate surface area is 95.8 Å². The number of aryl methyl sites for hydroxylation is 1. The van der Waals surface area contributed by atoms with Gasteiger partial charge in [0, 0.05) is 6.61 Å². The molecule has 2 rings (SSSR count). The van der Waals surface area contributed by atoms with Gasteiger partial charge < -0.3 is 10.1 Å². The summed E-state index contributed by atoms with van der Waals surface area (Å²) in [7, 11) is 1.90. The molecule has 0 bridgehead atoms. The van der Waals surface area contributed by atoms with Crippen LogP contribution in [0.15, 0.2) is 18.2 Å². The van der Waals surface area contributed by atoms with Gasteiger partial charge in [-0.2, -0.15) is 0 Å². The molecule has 1 saturated heterocycles. The molecule has 1 fully saturated rings. The van der Waals surface area contributed by atoms with Gasteiger partial charge in [0.05, 0.1) is 12.1 Å². The highest BCUT2D eigenvalue weighted by Gasteiger charge is 2.27. The van der Waals surface area contributed by atoms with Crippen LogP contribution >= 0.6 is 0 Å². The first-order valence-electron chi connectivity index (χ1n) is 5.77.